The van der Waals surface area contributed by atoms with Gasteiger partial charge < -0.3 is 19.4 Å². The Labute approximate surface area is 175 Å². The van der Waals surface area contributed by atoms with Crippen LogP contribution in [0.25, 0.3) is 10.9 Å². The minimum absolute atomic E-state index is 0.0320. The van der Waals surface area contributed by atoms with Gasteiger partial charge in [-0.2, -0.15) is 0 Å². The molecular formula is C22H24ClN3O3. The second-order valence-electron chi connectivity index (χ2n) is 7.08. The number of fused-ring (bicyclic) bond motifs is 1. The number of aromatic nitrogens is 1. The van der Waals surface area contributed by atoms with E-state index in [1.54, 1.807) is 7.11 Å². The molecule has 1 aromatic heterocycles. The van der Waals surface area contributed by atoms with E-state index in [9.17, 15) is 4.79 Å². The molecule has 0 atom stereocenters. The van der Waals surface area contributed by atoms with Gasteiger partial charge >= 0.3 is 0 Å². The number of hydrogen-bond donors (Lipinski definition) is 1. The number of aromatic amines is 1. The van der Waals surface area contributed by atoms with Crippen LogP contribution in [-0.2, 0) is 0 Å². The summed E-state index contributed by atoms with van der Waals surface area (Å²) >= 11 is 6.03. The highest BCUT2D eigenvalue weighted by Crippen LogP contribution is 2.21. The second-order valence-corrected chi connectivity index (χ2v) is 7.51. The Morgan fingerprint density at radius 3 is 2.66 bits per heavy atom. The minimum atomic E-state index is 0.0320. The van der Waals surface area contributed by atoms with Crippen molar-refractivity contribution >= 4 is 28.4 Å². The molecule has 1 N–H and O–H groups in total. The zero-order valence-corrected chi connectivity index (χ0v) is 17.1. The number of methoxy groups -OCH3 is 1. The van der Waals surface area contributed by atoms with Crippen LogP contribution < -0.4 is 9.47 Å². The van der Waals surface area contributed by atoms with E-state index in [4.69, 9.17) is 21.1 Å². The summed E-state index contributed by atoms with van der Waals surface area (Å²) in [6.07, 6.45) is 0. The SMILES string of the molecule is COc1cccc(OCCN2CCN(C(=O)c3cc4ccc(Cl)cc4[nH]3)CC2)c1. The normalized spacial score (nSPS) is 14.9. The van der Waals surface area contributed by atoms with Gasteiger partial charge in [-0.05, 0) is 30.3 Å². The van der Waals surface area contributed by atoms with Gasteiger partial charge in [0.2, 0.25) is 0 Å². The third kappa shape index (κ3) is 4.66. The molecule has 1 aliphatic heterocycles. The molecule has 0 radical (unpaired) electrons. The van der Waals surface area contributed by atoms with Crippen molar-refractivity contribution in [2.24, 2.45) is 0 Å². The molecule has 4 rings (SSSR count). The number of piperazine rings is 1. The van der Waals surface area contributed by atoms with Gasteiger partial charge in [-0.3, -0.25) is 9.69 Å². The lowest BCUT2D eigenvalue weighted by atomic mass is 10.2. The Morgan fingerprint density at radius 1 is 1.07 bits per heavy atom. The number of nitrogens with zero attached hydrogens (tertiary/aromatic N) is 2. The van der Waals surface area contributed by atoms with E-state index in [1.807, 2.05) is 53.4 Å². The largest absolute Gasteiger partial charge is 0.497 e. The summed E-state index contributed by atoms with van der Waals surface area (Å²) in [4.78, 5) is 20.2. The number of H-pyrrole nitrogens is 1. The van der Waals surface area contributed by atoms with Gasteiger partial charge in [0.05, 0.1) is 7.11 Å². The van der Waals surface area contributed by atoms with Crippen LogP contribution in [0.15, 0.2) is 48.5 Å². The van der Waals surface area contributed by atoms with Crippen LogP contribution in [0.5, 0.6) is 11.5 Å². The molecule has 1 amide bonds. The van der Waals surface area contributed by atoms with Crippen LogP contribution >= 0.6 is 11.6 Å². The average molecular weight is 414 g/mol. The first-order chi connectivity index (χ1) is 14.1. The standard InChI is InChI=1S/C22H24ClN3O3/c1-28-18-3-2-4-19(15-18)29-12-11-25-7-9-26(10-8-25)22(27)21-13-16-5-6-17(23)14-20(16)24-21/h2-6,13-15,24H,7-12H2,1H3. The van der Waals surface area contributed by atoms with E-state index in [0.29, 0.717) is 30.4 Å². The molecule has 29 heavy (non-hydrogen) atoms. The Kier molecular flexibility index (Phi) is 5.92. The van der Waals surface area contributed by atoms with Crippen molar-refractivity contribution in [3.8, 4) is 11.5 Å². The molecule has 0 spiro atoms. The van der Waals surface area contributed by atoms with Crippen LogP contribution in [0.4, 0.5) is 0 Å². The van der Waals surface area contributed by atoms with Crippen molar-refractivity contribution in [2.45, 2.75) is 0 Å². The first-order valence-corrected chi connectivity index (χ1v) is 10.1. The monoisotopic (exact) mass is 413 g/mol. The smallest absolute Gasteiger partial charge is 0.270 e. The van der Waals surface area contributed by atoms with E-state index in [-0.39, 0.29) is 5.91 Å². The maximum atomic E-state index is 12.8. The molecule has 2 heterocycles. The summed E-state index contributed by atoms with van der Waals surface area (Å²) < 4.78 is 11.0. The molecule has 3 aromatic rings. The van der Waals surface area contributed by atoms with Crippen molar-refractivity contribution in [1.82, 2.24) is 14.8 Å². The molecule has 1 saturated heterocycles. The predicted molar refractivity (Wildman–Crippen MR) is 114 cm³/mol. The Bertz CT molecular complexity index is 996. The van der Waals surface area contributed by atoms with Gasteiger partial charge in [-0.15, -0.1) is 0 Å². The van der Waals surface area contributed by atoms with Crippen molar-refractivity contribution in [1.29, 1.82) is 0 Å². The number of amides is 1. The molecule has 6 nitrogen and oxygen atoms in total. The zero-order valence-electron chi connectivity index (χ0n) is 16.4. The summed E-state index contributed by atoms with van der Waals surface area (Å²) in [5.74, 6) is 1.62. The van der Waals surface area contributed by atoms with Gasteiger partial charge in [0.25, 0.3) is 5.91 Å². The lowest BCUT2D eigenvalue weighted by Crippen LogP contribution is -2.49. The molecule has 0 bridgehead atoms. The highest BCUT2D eigenvalue weighted by molar-refractivity contribution is 6.31. The number of benzene rings is 2. The highest BCUT2D eigenvalue weighted by Gasteiger charge is 2.23. The average Bonchev–Trinajstić information content (AvgIpc) is 3.17. The lowest BCUT2D eigenvalue weighted by Gasteiger charge is -2.34. The van der Waals surface area contributed by atoms with Gasteiger partial charge in [-0.25, -0.2) is 0 Å². The van der Waals surface area contributed by atoms with Crippen molar-refractivity contribution < 1.29 is 14.3 Å². The third-order valence-electron chi connectivity index (χ3n) is 5.19. The number of hydrogen-bond acceptors (Lipinski definition) is 4. The van der Waals surface area contributed by atoms with E-state index >= 15 is 0 Å². The number of nitrogens with one attached hydrogen (secondary N) is 1. The number of rotatable bonds is 6. The van der Waals surface area contributed by atoms with E-state index in [1.165, 1.54) is 0 Å². The van der Waals surface area contributed by atoms with Crippen molar-refractivity contribution in [2.75, 3.05) is 46.4 Å². The molecule has 1 fully saturated rings. The molecule has 2 aromatic carbocycles. The molecule has 7 heteroatoms. The van der Waals surface area contributed by atoms with E-state index in [2.05, 4.69) is 9.88 Å². The molecule has 1 aliphatic rings. The van der Waals surface area contributed by atoms with E-state index in [0.717, 1.165) is 42.0 Å². The summed E-state index contributed by atoms with van der Waals surface area (Å²) in [5, 5.41) is 1.65. The van der Waals surface area contributed by atoms with Crippen molar-refractivity contribution in [3.63, 3.8) is 0 Å². The molecule has 152 valence electrons. The maximum absolute atomic E-state index is 12.8. The third-order valence-corrected chi connectivity index (χ3v) is 5.43. The number of halogens is 1. The first kappa shape index (κ1) is 19.6. The van der Waals surface area contributed by atoms with Crippen LogP contribution in [0.2, 0.25) is 5.02 Å². The summed E-state index contributed by atoms with van der Waals surface area (Å²) in [5.41, 5.74) is 1.49. The molecule has 0 saturated carbocycles. The van der Waals surface area contributed by atoms with Crippen molar-refractivity contribution in [3.05, 3.63) is 59.2 Å². The quantitative estimate of drug-likeness (QED) is 0.670. The zero-order chi connectivity index (χ0) is 20.2. The fourth-order valence-electron chi connectivity index (χ4n) is 3.54. The summed E-state index contributed by atoms with van der Waals surface area (Å²) in [6.45, 7) is 4.49. The van der Waals surface area contributed by atoms with Crippen LogP contribution in [-0.4, -0.2) is 67.1 Å². The molecule has 0 aliphatic carbocycles. The number of carbonyl (C=O) groups excluding carboxylic acids is 1. The maximum Gasteiger partial charge on any atom is 0.270 e. The van der Waals surface area contributed by atoms with Gasteiger partial charge in [0.15, 0.2) is 0 Å². The number of carbonyl (C=O) groups is 1. The summed E-state index contributed by atoms with van der Waals surface area (Å²) in [7, 11) is 1.64. The van der Waals surface area contributed by atoms with Gasteiger partial charge in [-0.1, -0.05) is 23.7 Å². The van der Waals surface area contributed by atoms with Gasteiger partial charge in [0, 0.05) is 54.7 Å². The first-order valence-electron chi connectivity index (χ1n) is 9.69. The fourth-order valence-corrected chi connectivity index (χ4v) is 3.72. The van der Waals surface area contributed by atoms with Gasteiger partial charge in [0.1, 0.15) is 23.8 Å². The summed E-state index contributed by atoms with van der Waals surface area (Å²) in [6, 6.07) is 15.1. The Balaban J connectivity index is 1.26. The minimum Gasteiger partial charge on any atom is -0.497 e. The Hall–Kier alpha value is -2.70. The Morgan fingerprint density at radius 2 is 1.86 bits per heavy atom. The van der Waals surface area contributed by atoms with Crippen LogP contribution in [0.1, 0.15) is 10.5 Å². The van der Waals surface area contributed by atoms with Crippen LogP contribution in [0, 0.1) is 0 Å². The van der Waals surface area contributed by atoms with E-state index < -0.39 is 0 Å². The number of ether oxygens (including phenoxy) is 2. The lowest BCUT2D eigenvalue weighted by molar-refractivity contribution is 0.0615. The predicted octanol–water partition coefficient (Wildman–Crippen LogP) is 3.67. The topological polar surface area (TPSA) is 57.8 Å². The fraction of sp³-hybridized carbons (Fsp3) is 0.318. The highest BCUT2D eigenvalue weighted by atomic mass is 35.5. The second kappa shape index (κ2) is 8.76. The molecule has 0 unspecified atom stereocenters. The molecular weight excluding hydrogens is 390 g/mol. The van der Waals surface area contributed by atoms with Crippen LogP contribution in [0.3, 0.4) is 0 Å².